The summed E-state index contributed by atoms with van der Waals surface area (Å²) < 4.78 is 0. The highest BCUT2D eigenvalue weighted by molar-refractivity contribution is 5.76. The van der Waals surface area contributed by atoms with Crippen LogP contribution < -0.4 is 0 Å². The van der Waals surface area contributed by atoms with Gasteiger partial charge in [-0.1, -0.05) is 30.3 Å². The molecule has 17 heavy (non-hydrogen) atoms. The zero-order chi connectivity index (χ0) is 12.3. The Hall–Kier alpha value is -2.24. The van der Waals surface area contributed by atoms with E-state index in [9.17, 15) is 9.90 Å². The van der Waals surface area contributed by atoms with E-state index in [2.05, 4.69) is 15.4 Å². The predicted molar refractivity (Wildman–Crippen MR) is 59.3 cm³/mol. The number of aryl methyl sites for hydroxylation is 1. The molecule has 0 bridgehead atoms. The molecule has 0 saturated carbocycles. The topological polar surface area (TPSA) is 80.9 Å². The van der Waals surface area contributed by atoms with Crippen LogP contribution >= 0.6 is 0 Å². The molecule has 1 aromatic heterocycles. The van der Waals surface area contributed by atoms with E-state index >= 15 is 0 Å². The van der Waals surface area contributed by atoms with E-state index in [0.717, 1.165) is 5.56 Å². The van der Waals surface area contributed by atoms with Gasteiger partial charge in [0.2, 0.25) is 0 Å². The normalized spacial score (nSPS) is 12.3. The first-order valence-corrected chi connectivity index (χ1v) is 5.17. The average Bonchev–Trinajstić information content (AvgIpc) is 2.73. The molecule has 1 N–H and O–H groups in total. The van der Waals surface area contributed by atoms with Crippen LogP contribution in [0.3, 0.4) is 0 Å². The molecule has 2 rings (SSSR count). The summed E-state index contributed by atoms with van der Waals surface area (Å²) in [6.07, 6.45) is 0.243. The van der Waals surface area contributed by atoms with Crippen molar-refractivity contribution in [1.82, 2.24) is 20.2 Å². The fraction of sp³-hybridized carbons (Fsp3) is 0.273. The number of carboxylic acid groups (broad SMARTS) is 1. The number of rotatable bonds is 4. The second kappa shape index (κ2) is 4.73. The molecular weight excluding hydrogens is 220 g/mol. The minimum Gasteiger partial charge on any atom is -0.481 e. The van der Waals surface area contributed by atoms with Crippen LogP contribution in [0.2, 0.25) is 0 Å². The summed E-state index contributed by atoms with van der Waals surface area (Å²) in [6.45, 7) is 0. The van der Waals surface area contributed by atoms with Crippen molar-refractivity contribution in [2.24, 2.45) is 7.05 Å². The number of carbonyl (C=O) groups is 1. The van der Waals surface area contributed by atoms with Gasteiger partial charge in [0.1, 0.15) is 0 Å². The number of hydrogen-bond donors (Lipinski definition) is 1. The first-order chi connectivity index (χ1) is 8.16. The second-order valence-corrected chi connectivity index (χ2v) is 3.70. The van der Waals surface area contributed by atoms with Crippen molar-refractivity contribution in [2.75, 3.05) is 0 Å². The third kappa shape index (κ3) is 2.66. The Morgan fingerprint density at radius 3 is 2.65 bits per heavy atom. The Morgan fingerprint density at radius 2 is 2.12 bits per heavy atom. The van der Waals surface area contributed by atoms with E-state index in [0.29, 0.717) is 5.82 Å². The molecule has 1 unspecified atom stereocenters. The van der Waals surface area contributed by atoms with Gasteiger partial charge in [0.05, 0.1) is 13.0 Å². The van der Waals surface area contributed by atoms with E-state index < -0.39 is 11.9 Å². The fourth-order valence-electron chi connectivity index (χ4n) is 1.62. The van der Waals surface area contributed by atoms with Crippen LogP contribution in [0.5, 0.6) is 0 Å². The molecule has 0 spiro atoms. The Bertz CT molecular complexity index is 509. The SMILES string of the molecule is Cn1nnc(CC(C(=O)O)c2ccccc2)n1. The molecule has 0 fully saturated rings. The van der Waals surface area contributed by atoms with Crippen molar-refractivity contribution in [3.8, 4) is 0 Å². The monoisotopic (exact) mass is 232 g/mol. The van der Waals surface area contributed by atoms with Crippen LogP contribution in [0, 0.1) is 0 Å². The lowest BCUT2D eigenvalue weighted by molar-refractivity contribution is -0.138. The molecule has 6 nitrogen and oxygen atoms in total. The molecule has 6 heteroatoms. The molecule has 1 atom stereocenters. The molecular formula is C11H12N4O2. The van der Waals surface area contributed by atoms with Crippen molar-refractivity contribution in [2.45, 2.75) is 12.3 Å². The van der Waals surface area contributed by atoms with Crippen LogP contribution in [-0.4, -0.2) is 31.3 Å². The van der Waals surface area contributed by atoms with Gasteiger partial charge in [-0.2, -0.15) is 4.80 Å². The maximum absolute atomic E-state index is 11.2. The van der Waals surface area contributed by atoms with Crippen LogP contribution in [0.4, 0.5) is 0 Å². The molecule has 2 aromatic rings. The van der Waals surface area contributed by atoms with Crippen molar-refractivity contribution in [3.63, 3.8) is 0 Å². The zero-order valence-corrected chi connectivity index (χ0v) is 9.32. The summed E-state index contributed by atoms with van der Waals surface area (Å²) in [7, 11) is 1.65. The van der Waals surface area contributed by atoms with Gasteiger partial charge >= 0.3 is 5.97 Å². The number of aliphatic carboxylic acids is 1. The van der Waals surface area contributed by atoms with Crippen molar-refractivity contribution in [1.29, 1.82) is 0 Å². The average molecular weight is 232 g/mol. The minimum absolute atomic E-state index is 0.243. The maximum Gasteiger partial charge on any atom is 0.311 e. The standard InChI is InChI=1S/C11H12N4O2/c1-15-13-10(12-14-15)7-9(11(16)17)8-5-3-2-4-6-8/h2-6,9H,7H2,1H3,(H,16,17). The van der Waals surface area contributed by atoms with E-state index in [1.165, 1.54) is 4.80 Å². The quantitative estimate of drug-likeness (QED) is 0.835. The molecule has 88 valence electrons. The van der Waals surface area contributed by atoms with Gasteiger partial charge in [-0.3, -0.25) is 4.79 Å². The summed E-state index contributed by atoms with van der Waals surface area (Å²) >= 11 is 0. The fourth-order valence-corrected chi connectivity index (χ4v) is 1.62. The van der Waals surface area contributed by atoms with Crippen molar-refractivity contribution in [3.05, 3.63) is 41.7 Å². The van der Waals surface area contributed by atoms with E-state index in [1.807, 2.05) is 18.2 Å². The van der Waals surface area contributed by atoms with E-state index in [1.54, 1.807) is 19.2 Å². The number of carboxylic acids is 1. The Kier molecular flexibility index (Phi) is 3.13. The van der Waals surface area contributed by atoms with Crippen LogP contribution in [0.25, 0.3) is 0 Å². The molecule has 0 saturated heterocycles. The Balaban J connectivity index is 2.22. The summed E-state index contributed by atoms with van der Waals surface area (Å²) in [6, 6.07) is 9.05. The van der Waals surface area contributed by atoms with Gasteiger partial charge in [0, 0.05) is 6.42 Å². The molecule has 1 aromatic carbocycles. The molecule has 0 aliphatic rings. The van der Waals surface area contributed by atoms with Crippen molar-refractivity contribution >= 4 is 5.97 Å². The molecule has 0 amide bonds. The largest absolute Gasteiger partial charge is 0.481 e. The predicted octanol–water partition coefficient (Wildman–Crippen LogP) is 0.621. The first-order valence-electron chi connectivity index (χ1n) is 5.17. The highest BCUT2D eigenvalue weighted by atomic mass is 16.4. The smallest absolute Gasteiger partial charge is 0.311 e. The highest BCUT2D eigenvalue weighted by Gasteiger charge is 2.22. The number of aromatic nitrogens is 4. The summed E-state index contributed by atoms with van der Waals surface area (Å²) in [5.41, 5.74) is 0.743. The van der Waals surface area contributed by atoms with Gasteiger partial charge < -0.3 is 5.11 Å². The zero-order valence-electron chi connectivity index (χ0n) is 9.32. The van der Waals surface area contributed by atoms with E-state index in [-0.39, 0.29) is 6.42 Å². The van der Waals surface area contributed by atoms with Gasteiger partial charge in [-0.25, -0.2) is 0 Å². The first kappa shape index (κ1) is 11.3. The summed E-state index contributed by atoms with van der Waals surface area (Å²) in [5.74, 6) is -1.09. The maximum atomic E-state index is 11.2. The van der Waals surface area contributed by atoms with Crippen molar-refractivity contribution < 1.29 is 9.90 Å². The van der Waals surface area contributed by atoms with E-state index in [4.69, 9.17) is 0 Å². The van der Waals surface area contributed by atoms with Gasteiger partial charge in [0.25, 0.3) is 0 Å². The van der Waals surface area contributed by atoms with Crippen LogP contribution in [0.1, 0.15) is 17.3 Å². The number of tetrazole rings is 1. The molecule has 0 radical (unpaired) electrons. The minimum atomic E-state index is -0.886. The third-order valence-electron chi connectivity index (χ3n) is 2.44. The van der Waals surface area contributed by atoms with Gasteiger partial charge in [-0.05, 0) is 10.8 Å². The highest BCUT2D eigenvalue weighted by Crippen LogP contribution is 2.19. The summed E-state index contributed by atoms with van der Waals surface area (Å²) in [4.78, 5) is 12.5. The second-order valence-electron chi connectivity index (χ2n) is 3.70. The molecule has 0 aliphatic heterocycles. The Morgan fingerprint density at radius 1 is 1.41 bits per heavy atom. The van der Waals surface area contributed by atoms with Crippen LogP contribution in [0.15, 0.2) is 30.3 Å². The Labute approximate surface area is 97.9 Å². The molecule has 1 heterocycles. The summed E-state index contributed by atoms with van der Waals surface area (Å²) in [5, 5.41) is 20.7. The lowest BCUT2D eigenvalue weighted by Crippen LogP contribution is -2.15. The number of nitrogens with zero attached hydrogens (tertiary/aromatic N) is 4. The number of benzene rings is 1. The lowest BCUT2D eigenvalue weighted by Gasteiger charge is -2.09. The van der Waals surface area contributed by atoms with Gasteiger partial charge in [0.15, 0.2) is 5.82 Å². The number of hydrogen-bond acceptors (Lipinski definition) is 4. The lowest BCUT2D eigenvalue weighted by atomic mass is 9.96. The third-order valence-corrected chi connectivity index (χ3v) is 2.44. The molecule has 0 aliphatic carbocycles. The van der Waals surface area contributed by atoms with Crippen LogP contribution in [-0.2, 0) is 18.3 Å². The van der Waals surface area contributed by atoms with Gasteiger partial charge in [-0.15, -0.1) is 10.2 Å².